The highest BCUT2D eigenvalue weighted by atomic mass is 16.5. The number of hydrogen-bond donors (Lipinski definition) is 2. The van der Waals surface area contributed by atoms with Crippen LogP contribution in [0.3, 0.4) is 0 Å². The molecule has 0 amide bonds. The Bertz CT molecular complexity index is 1350. The van der Waals surface area contributed by atoms with Gasteiger partial charge in [0.25, 0.3) is 0 Å². The number of fused-ring (bicyclic) bond motifs is 4. The van der Waals surface area contributed by atoms with Gasteiger partial charge >= 0.3 is 0 Å². The van der Waals surface area contributed by atoms with Gasteiger partial charge in [0.1, 0.15) is 11.6 Å². The number of aromatic amines is 1. The number of benzene rings is 2. The summed E-state index contributed by atoms with van der Waals surface area (Å²) in [5, 5.41) is 19.7. The fraction of sp³-hybridized carbons (Fsp3) is 0.250. The van der Waals surface area contributed by atoms with E-state index in [-0.39, 0.29) is 11.8 Å². The zero-order valence-corrected chi connectivity index (χ0v) is 17.1. The van der Waals surface area contributed by atoms with Crippen molar-refractivity contribution >= 4 is 21.8 Å². The lowest BCUT2D eigenvalue weighted by molar-refractivity contribution is 0.378. The zero-order chi connectivity index (χ0) is 20.8. The topological polar surface area (TPSA) is 92.7 Å². The van der Waals surface area contributed by atoms with Gasteiger partial charge in [0.05, 0.1) is 5.92 Å². The highest BCUT2D eigenvalue weighted by Gasteiger charge is 2.35. The van der Waals surface area contributed by atoms with Crippen LogP contribution in [0.2, 0.25) is 0 Å². The van der Waals surface area contributed by atoms with Gasteiger partial charge in [-0.1, -0.05) is 37.6 Å². The summed E-state index contributed by atoms with van der Waals surface area (Å²) in [6, 6.07) is 17.2. The minimum absolute atomic E-state index is 0.126. The van der Waals surface area contributed by atoms with Crippen LogP contribution < -0.4 is 10.5 Å². The number of aromatic nitrogens is 3. The van der Waals surface area contributed by atoms with E-state index in [1.165, 1.54) is 21.8 Å². The first-order valence-electron chi connectivity index (χ1n) is 10.3. The second kappa shape index (κ2) is 6.96. The minimum Gasteiger partial charge on any atom is -0.420 e. The van der Waals surface area contributed by atoms with Gasteiger partial charge in [-0.05, 0) is 37.1 Å². The summed E-state index contributed by atoms with van der Waals surface area (Å²) >= 11 is 0. The van der Waals surface area contributed by atoms with Gasteiger partial charge in [0.15, 0.2) is 0 Å². The summed E-state index contributed by atoms with van der Waals surface area (Å²) in [6.45, 7) is 5.17. The average Bonchev–Trinajstić information content (AvgIpc) is 3.31. The molecule has 0 spiro atoms. The number of hydrogen-bond acceptors (Lipinski definition) is 4. The molecule has 2 aromatic heterocycles. The molecule has 2 aromatic carbocycles. The van der Waals surface area contributed by atoms with Gasteiger partial charge in [-0.3, -0.25) is 5.10 Å². The molecule has 0 bridgehead atoms. The predicted molar refractivity (Wildman–Crippen MR) is 117 cm³/mol. The number of rotatable bonds is 4. The third kappa shape index (κ3) is 2.52. The second-order valence-electron chi connectivity index (χ2n) is 7.63. The molecule has 6 heteroatoms. The van der Waals surface area contributed by atoms with Crippen LogP contribution in [0.5, 0.6) is 5.88 Å². The Hall–Kier alpha value is -3.72. The van der Waals surface area contributed by atoms with E-state index in [0.717, 1.165) is 36.2 Å². The molecule has 0 saturated heterocycles. The highest BCUT2D eigenvalue weighted by molar-refractivity contribution is 6.08. The molecule has 0 radical (unpaired) electrons. The number of nitrogens with zero attached hydrogens (tertiary/aromatic N) is 3. The number of nitriles is 1. The molecule has 3 N–H and O–H groups in total. The van der Waals surface area contributed by atoms with Crippen LogP contribution >= 0.6 is 0 Å². The van der Waals surface area contributed by atoms with Gasteiger partial charge in [0.2, 0.25) is 11.8 Å². The molecule has 30 heavy (non-hydrogen) atoms. The average molecular weight is 397 g/mol. The molecular formula is C24H23N5O. The summed E-state index contributed by atoms with van der Waals surface area (Å²) in [4.78, 5) is 0. The summed E-state index contributed by atoms with van der Waals surface area (Å²) in [7, 11) is 0. The van der Waals surface area contributed by atoms with E-state index in [1.807, 2.05) is 0 Å². The van der Waals surface area contributed by atoms with Crippen molar-refractivity contribution in [3.05, 3.63) is 70.7 Å². The normalized spacial score (nSPS) is 16.0. The van der Waals surface area contributed by atoms with Crippen LogP contribution in [0.4, 0.5) is 0 Å². The maximum Gasteiger partial charge on any atom is 0.244 e. The Balaban J connectivity index is 1.78. The van der Waals surface area contributed by atoms with Crippen LogP contribution in [0.15, 0.2) is 53.9 Å². The molecule has 1 aliphatic rings. The van der Waals surface area contributed by atoms with Gasteiger partial charge in [-0.15, -0.1) is 5.10 Å². The van der Waals surface area contributed by atoms with Crippen LogP contribution in [0.1, 0.15) is 43.0 Å². The molecule has 150 valence electrons. The fourth-order valence-electron chi connectivity index (χ4n) is 4.67. The third-order valence-electron chi connectivity index (χ3n) is 5.96. The number of allylic oxidation sites excluding steroid dienone is 1. The number of ether oxygens (including phenoxy) is 1. The first kappa shape index (κ1) is 18.3. The van der Waals surface area contributed by atoms with Gasteiger partial charge < -0.3 is 15.0 Å². The zero-order valence-electron chi connectivity index (χ0n) is 17.1. The van der Waals surface area contributed by atoms with Crippen LogP contribution in [-0.2, 0) is 13.0 Å². The van der Waals surface area contributed by atoms with Crippen molar-refractivity contribution in [2.75, 3.05) is 0 Å². The Morgan fingerprint density at radius 3 is 2.73 bits per heavy atom. The number of para-hydroxylation sites is 1. The third-order valence-corrected chi connectivity index (χ3v) is 5.96. The molecule has 0 aliphatic carbocycles. The van der Waals surface area contributed by atoms with E-state index in [9.17, 15) is 5.26 Å². The van der Waals surface area contributed by atoms with Crippen molar-refractivity contribution in [3.8, 4) is 11.9 Å². The monoisotopic (exact) mass is 397 g/mol. The Morgan fingerprint density at radius 1 is 1.17 bits per heavy atom. The summed E-state index contributed by atoms with van der Waals surface area (Å²) in [6.07, 6.45) is 1.80. The van der Waals surface area contributed by atoms with E-state index >= 15 is 0 Å². The van der Waals surface area contributed by atoms with Gasteiger partial charge in [-0.25, -0.2) is 0 Å². The quantitative estimate of drug-likeness (QED) is 0.522. The van der Waals surface area contributed by atoms with Crippen LogP contribution in [0.25, 0.3) is 21.8 Å². The van der Waals surface area contributed by atoms with E-state index in [4.69, 9.17) is 10.5 Å². The predicted octanol–water partition coefficient (Wildman–Crippen LogP) is 4.71. The minimum atomic E-state index is -0.299. The van der Waals surface area contributed by atoms with Crippen LogP contribution in [0, 0.1) is 11.3 Å². The van der Waals surface area contributed by atoms with Crippen molar-refractivity contribution < 1.29 is 4.74 Å². The summed E-state index contributed by atoms with van der Waals surface area (Å²) in [5.41, 5.74) is 11.9. The molecule has 0 fully saturated rings. The number of aryl methyl sites for hydroxylation is 2. The molecular weight excluding hydrogens is 374 g/mol. The number of H-pyrrole nitrogens is 1. The molecule has 5 rings (SSSR count). The second-order valence-corrected chi connectivity index (χ2v) is 7.63. The SMILES string of the molecule is CCCc1[nH]nc2c1C(c1ccc3c(c1)c1ccccc1n3CC)C(C#N)=C(N)O2. The van der Waals surface area contributed by atoms with Crippen molar-refractivity contribution in [2.45, 2.75) is 39.2 Å². The van der Waals surface area contributed by atoms with E-state index < -0.39 is 0 Å². The Kier molecular flexibility index (Phi) is 4.25. The van der Waals surface area contributed by atoms with Crippen LogP contribution in [-0.4, -0.2) is 14.8 Å². The first-order valence-corrected chi connectivity index (χ1v) is 10.3. The molecule has 1 atom stereocenters. The first-order chi connectivity index (χ1) is 14.7. The lowest BCUT2D eigenvalue weighted by atomic mass is 9.83. The smallest absolute Gasteiger partial charge is 0.244 e. The summed E-state index contributed by atoms with van der Waals surface area (Å²) < 4.78 is 8.00. The maximum absolute atomic E-state index is 9.90. The van der Waals surface area contributed by atoms with Gasteiger partial charge in [-0.2, -0.15) is 5.26 Å². The molecule has 0 saturated carbocycles. The molecule has 6 nitrogen and oxygen atoms in total. The molecule has 1 aliphatic heterocycles. The molecule has 1 unspecified atom stereocenters. The largest absolute Gasteiger partial charge is 0.420 e. The lowest BCUT2D eigenvalue weighted by Gasteiger charge is -2.24. The van der Waals surface area contributed by atoms with Crippen molar-refractivity contribution in [1.82, 2.24) is 14.8 Å². The van der Waals surface area contributed by atoms with Crippen molar-refractivity contribution in [2.24, 2.45) is 5.73 Å². The highest BCUT2D eigenvalue weighted by Crippen LogP contribution is 2.44. The van der Waals surface area contributed by atoms with Crippen molar-refractivity contribution in [3.63, 3.8) is 0 Å². The van der Waals surface area contributed by atoms with Crippen molar-refractivity contribution in [1.29, 1.82) is 5.26 Å². The van der Waals surface area contributed by atoms with E-state index in [0.29, 0.717) is 11.5 Å². The number of nitrogens with two attached hydrogens (primary N) is 1. The summed E-state index contributed by atoms with van der Waals surface area (Å²) in [5.74, 6) is 0.295. The van der Waals surface area contributed by atoms with E-state index in [2.05, 4.69) is 77.1 Å². The van der Waals surface area contributed by atoms with E-state index in [1.54, 1.807) is 0 Å². The maximum atomic E-state index is 9.90. The standard InChI is InChI=1S/C24H23N5O/c1-3-7-18-22-21(17(13-25)23(26)30-24(22)28-27-18)14-10-11-20-16(12-14)15-8-5-6-9-19(15)29(20)4-2/h5-6,8-12,21H,3-4,7,26H2,1-2H3,(H,27,28). The van der Waals surface area contributed by atoms with Gasteiger partial charge in [0, 0.05) is 39.6 Å². The molecule has 3 heterocycles. The number of nitrogens with one attached hydrogen (secondary N) is 1. The molecule has 4 aromatic rings. The lowest BCUT2D eigenvalue weighted by Crippen LogP contribution is -2.21. The fourth-order valence-corrected chi connectivity index (χ4v) is 4.67. The Morgan fingerprint density at radius 2 is 1.97 bits per heavy atom. The Labute approximate surface area is 174 Å².